The van der Waals surface area contributed by atoms with Crippen LogP contribution in [-0.4, -0.2) is 29.9 Å². The van der Waals surface area contributed by atoms with E-state index >= 15 is 0 Å². The van der Waals surface area contributed by atoms with Gasteiger partial charge in [0, 0.05) is 31.1 Å². The van der Waals surface area contributed by atoms with Crippen molar-refractivity contribution in [3.63, 3.8) is 0 Å². The zero-order valence-corrected chi connectivity index (χ0v) is 11.5. The molecular weight excluding hydrogens is 256 g/mol. The lowest BCUT2D eigenvalue weighted by molar-refractivity contribution is -0.143. The van der Waals surface area contributed by atoms with Crippen molar-refractivity contribution in [2.24, 2.45) is 0 Å². The molecular formula is C15H20N2O3. The quantitative estimate of drug-likeness (QED) is 0.507. The van der Waals surface area contributed by atoms with E-state index in [1.54, 1.807) is 12.1 Å². The van der Waals surface area contributed by atoms with E-state index in [0.717, 1.165) is 12.8 Å². The first-order chi connectivity index (χ1) is 9.66. The zero-order valence-electron chi connectivity index (χ0n) is 11.5. The topological polar surface area (TPSA) is 72.6 Å². The lowest BCUT2D eigenvalue weighted by Crippen LogP contribution is -2.36. The Labute approximate surface area is 118 Å². The molecule has 2 N–H and O–H groups in total. The molecule has 5 nitrogen and oxygen atoms in total. The van der Waals surface area contributed by atoms with Crippen molar-refractivity contribution in [3.05, 3.63) is 24.3 Å². The SMILES string of the molecule is Nc1cccc(OCCCN2C(=O)CCCCC2=O)c1. The molecule has 1 fully saturated rings. The second-order valence-corrected chi connectivity index (χ2v) is 4.92. The van der Waals surface area contributed by atoms with Crippen LogP contribution in [0.2, 0.25) is 0 Å². The molecule has 0 aliphatic carbocycles. The molecule has 2 rings (SSSR count). The predicted octanol–water partition coefficient (Wildman–Crippen LogP) is 1.97. The summed E-state index contributed by atoms with van der Waals surface area (Å²) in [4.78, 5) is 24.9. The van der Waals surface area contributed by atoms with Crippen molar-refractivity contribution < 1.29 is 14.3 Å². The largest absolute Gasteiger partial charge is 0.493 e. The molecule has 1 aromatic rings. The number of carbonyl (C=O) groups is 2. The Morgan fingerprint density at radius 1 is 1.15 bits per heavy atom. The number of nitrogens with two attached hydrogens (primary N) is 1. The Bertz CT molecular complexity index is 470. The number of nitrogens with zero attached hydrogens (tertiary/aromatic N) is 1. The van der Waals surface area contributed by atoms with Gasteiger partial charge in [-0.25, -0.2) is 0 Å². The number of rotatable bonds is 5. The van der Waals surface area contributed by atoms with E-state index in [-0.39, 0.29) is 11.8 Å². The summed E-state index contributed by atoms with van der Waals surface area (Å²) in [5.41, 5.74) is 6.31. The van der Waals surface area contributed by atoms with Crippen molar-refractivity contribution in [1.82, 2.24) is 4.90 Å². The lowest BCUT2D eigenvalue weighted by Gasteiger charge is -2.18. The molecule has 1 aliphatic heterocycles. The van der Waals surface area contributed by atoms with Gasteiger partial charge in [0.25, 0.3) is 0 Å². The average Bonchev–Trinajstić information content (AvgIpc) is 2.57. The fraction of sp³-hybridized carbons (Fsp3) is 0.467. The first-order valence-corrected chi connectivity index (χ1v) is 6.98. The number of imide groups is 1. The number of benzene rings is 1. The summed E-state index contributed by atoms with van der Waals surface area (Å²) in [5.74, 6) is 0.589. The van der Waals surface area contributed by atoms with Gasteiger partial charge in [0.05, 0.1) is 6.61 Å². The fourth-order valence-corrected chi connectivity index (χ4v) is 2.23. The van der Waals surface area contributed by atoms with E-state index in [4.69, 9.17) is 10.5 Å². The third-order valence-electron chi connectivity index (χ3n) is 3.29. The van der Waals surface area contributed by atoms with Crippen LogP contribution >= 0.6 is 0 Å². The Morgan fingerprint density at radius 2 is 1.85 bits per heavy atom. The van der Waals surface area contributed by atoms with Crippen molar-refractivity contribution in [3.8, 4) is 5.75 Å². The second-order valence-electron chi connectivity index (χ2n) is 4.92. The molecule has 1 aromatic carbocycles. The molecule has 0 aromatic heterocycles. The van der Waals surface area contributed by atoms with Gasteiger partial charge in [-0.1, -0.05) is 6.07 Å². The number of nitrogen functional groups attached to an aromatic ring is 1. The molecule has 0 spiro atoms. The van der Waals surface area contributed by atoms with E-state index in [9.17, 15) is 9.59 Å². The summed E-state index contributed by atoms with van der Waals surface area (Å²) in [6.07, 6.45) is 3.19. The predicted molar refractivity (Wildman–Crippen MR) is 76.2 cm³/mol. The normalized spacial score (nSPS) is 16.1. The summed E-state index contributed by atoms with van der Waals surface area (Å²) >= 11 is 0. The zero-order chi connectivity index (χ0) is 14.4. The van der Waals surface area contributed by atoms with Gasteiger partial charge in [-0.3, -0.25) is 14.5 Å². The van der Waals surface area contributed by atoms with Crippen LogP contribution in [0.4, 0.5) is 5.69 Å². The van der Waals surface area contributed by atoms with Gasteiger partial charge in [-0.05, 0) is 31.4 Å². The Hall–Kier alpha value is -2.04. The van der Waals surface area contributed by atoms with E-state index in [1.165, 1.54) is 4.90 Å². The molecule has 108 valence electrons. The minimum absolute atomic E-state index is 0.0588. The molecule has 1 saturated heterocycles. The van der Waals surface area contributed by atoms with Gasteiger partial charge < -0.3 is 10.5 Å². The number of amides is 2. The number of carbonyl (C=O) groups excluding carboxylic acids is 2. The van der Waals surface area contributed by atoms with Gasteiger partial charge in [-0.2, -0.15) is 0 Å². The Morgan fingerprint density at radius 3 is 2.50 bits per heavy atom. The molecule has 5 heteroatoms. The summed E-state index contributed by atoms with van der Waals surface area (Å²) in [7, 11) is 0. The fourth-order valence-electron chi connectivity index (χ4n) is 2.23. The van der Waals surface area contributed by atoms with Crippen LogP contribution in [0.1, 0.15) is 32.1 Å². The van der Waals surface area contributed by atoms with E-state index < -0.39 is 0 Å². The first-order valence-electron chi connectivity index (χ1n) is 6.98. The molecule has 0 atom stereocenters. The molecule has 1 aliphatic rings. The molecule has 0 unspecified atom stereocenters. The molecule has 2 amide bonds. The van der Waals surface area contributed by atoms with Crippen molar-refractivity contribution in [2.75, 3.05) is 18.9 Å². The highest BCUT2D eigenvalue weighted by Crippen LogP contribution is 2.15. The summed E-state index contributed by atoms with van der Waals surface area (Å²) in [6.45, 7) is 0.889. The van der Waals surface area contributed by atoms with Crippen LogP contribution in [0.3, 0.4) is 0 Å². The highest BCUT2D eigenvalue weighted by molar-refractivity contribution is 5.95. The third kappa shape index (κ3) is 3.98. The van der Waals surface area contributed by atoms with Gasteiger partial charge in [0.1, 0.15) is 5.75 Å². The summed E-state index contributed by atoms with van der Waals surface area (Å²) in [5, 5.41) is 0. The highest BCUT2D eigenvalue weighted by atomic mass is 16.5. The maximum Gasteiger partial charge on any atom is 0.229 e. The van der Waals surface area contributed by atoms with E-state index in [0.29, 0.717) is 43.9 Å². The van der Waals surface area contributed by atoms with Crippen molar-refractivity contribution in [2.45, 2.75) is 32.1 Å². The molecule has 0 bridgehead atoms. The van der Waals surface area contributed by atoms with Crippen LogP contribution in [0.15, 0.2) is 24.3 Å². The number of anilines is 1. The summed E-state index contributed by atoms with van der Waals surface area (Å²) < 4.78 is 5.55. The minimum Gasteiger partial charge on any atom is -0.493 e. The van der Waals surface area contributed by atoms with Crippen LogP contribution in [0.5, 0.6) is 5.75 Å². The number of ether oxygens (including phenoxy) is 1. The van der Waals surface area contributed by atoms with Crippen LogP contribution in [0.25, 0.3) is 0 Å². The average molecular weight is 276 g/mol. The smallest absolute Gasteiger partial charge is 0.229 e. The molecule has 20 heavy (non-hydrogen) atoms. The highest BCUT2D eigenvalue weighted by Gasteiger charge is 2.23. The molecule has 0 saturated carbocycles. The lowest BCUT2D eigenvalue weighted by atomic mass is 10.2. The Balaban J connectivity index is 1.77. The number of likely N-dealkylation sites (tertiary alicyclic amines) is 1. The third-order valence-corrected chi connectivity index (χ3v) is 3.29. The second kappa shape index (κ2) is 6.93. The van der Waals surface area contributed by atoms with Gasteiger partial charge in [0.2, 0.25) is 11.8 Å². The maximum absolute atomic E-state index is 11.8. The number of hydrogen-bond donors (Lipinski definition) is 1. The number of hydrogen-bond acceptors (Lipinski definition) is 4. The van der Waals surface area contributed by atoms with Crippen molar-refractivity contribution in [1.29, 1.82) is 0 Å². The van der Waals surface area contributed by atoms with Gasteiger partial charge in [0.15, 0.2) is 0 Å². The molecule has 1 heterocycles. The summed E-state index contributed by atoms with van der Waals surface area (Å²) in [6, 6.07) is 7.20. The molecule has 0 radical (unpaired) electrons. The minimum atomic E-state index is -0.0588. The van der Waals surface area contributed by atoms with Crippen molar-refractivity contribution >= 4 is 17.5 Å². The van der Waals surface area contributed by atoms with E-state index in [2.05, 4.69) is 0 Å². The van der Waals surface area contributed by atoms with Crippen LogP contribution in [0, 0.1) is 0 Å². The monoisotopic (exact) mass is 276 g/mol. The Kier molecular flexibility index (Phi) is 4.98. The first kappa shape index (κ1) is 14.4. The van der Waals surface area contributed by atoms with Gasteiger partial charge >= 0.3 is 0 Å². The van der Waals surface area contributed by atoms with Crippen LogP contribution in [-0.2, 0) is 9.59 Å². The standard InChI is InChI=1S/C15H20N2O3/c16-12-5-3-6-13(11-12)20-10-4-9-17-14(18)7-1-2-8-15(17)19/h3,5-6,11H,1-2,4,7-10,16H2. The van der Waals surface area contributed by atoms with Crippen LogP contribution < -0.4 is 10.5 Å². The van der Waals surface area contributed by atoms with Gasteiger partial charge in [-0.15, -0.1) is 0 Å². The van der Waals surface area contributed by atoms with E-state index in [1.807, 2.05) is 12.1 Å². The maximum atomic E-state index is 11.8.